The average molecular weight is 451 g/mol. The van der Waals surface area contributed by atoms with Crippen LogP contribution in [0.15, 0.2) is 60.7 Å². The minimum Gasteiger partial charge on any atom is -0.493 e. The van der Waals surface area contributed by atoms with Crippen molar-refractivity contribution in [1.29, 1.82) is 5.26 Å². The molecule has 7 heteroatoms. The van der Waals surface area contributed by atoms with Crippen LogP contribution < -0.4 is 9.47 Å². The number of benzene rings is 3. The third kappa shape index (κ3) is 4.53. The van der Waals surface area contributed by atoms with Crippen LogP contribution in [0, 0.1) is 17.1 Å². The summed E-state index contributed by atoms with van der Waals surface area (Å²) in [6.07, 6.45) is 1.75. The molecule has 0 spiro atoms. The van der Waals surface area contributed by atoms with E-state index in [-0.39, 0.29) is 12.2 Å². The molecule has 0 aliphatic rings. The summed E-state index contributed by atoms with van der Waals surface area (Å²) in [7, 11) is 1.52. The van der Waals surface area contributed by atoms with Crippen LogP contribution in [0.2, 0.25) is 5.02 Å². The van der Waals surface area contributed by atoms with E-state index in [0.717, 1.165) is 15.8 Å². The van der Waals surface area contributed by atoms with Gasteiger partial charge in [0.1, 0.15) is 23.5 Å². The van der Waals surface area contributed by atoms with Gasteiger partial charge in [0.25, 0.3) is 0 Å². The second-order valence-corrected chi connectivity index (χ2v) is 7.99. The number of allylic oxidation sites excluding steroid dienone is 1. The first-order valence-corrected chi connectivity index (χ1v) is 10.5. The van der Waals surface area contributed by atoms with Crippen LogP contribution >= 0.6 is 22.9 Å². The van der Waals surface area contributed by atoms with Crippen molar-refractivity contribution in [2.24, 2.45) is 0 Å². The Morgan fingerprint density at radius 3 is 2.74 bits per heavy atom. The number of ether oxygens (including phenoxy) is 2. The van der Waals surface area contributed by atoms with E-state index < -0.39 is 5.82 Å². The molecule has 0 N–H and O–H groups in total. The average Bonchev–Trinajstić information content (AvgIpc) is 3.21. The topological polar surface area (TPSA) is 55.1 Å². The number of hydrogen-bond acceptors (Lipinski definition) is 5. The molecular weight excluding hydrogens is 435 g/mol. The zero-order chi connectivity index (χ0) is 21.8. The molecule has 3 aromatic carbocycles. The molecule has 0 aliphatic carbocycles. The van der Waals surface area contributed by atoms with E-state index in [1.165, 1.54) is 24.5 Å². The fourth-order valence-corrected chi connectivity index (χ4v) is 4.16. The van der Waals surface area contributed by atoms with Gasteiger partial charge in [0.05, 0.1) is 27.9 Å². The van der Waals surface area contributed by atoms with Gasteiger partial charge in [0.15, 0.2) is 11.5 Å². The first-order chi connectivity index (χ1) is 15.1. The minimum absolute atomic E-state index is 0.0355. The molecule has 0 amide bonds. The summed E-state index contributed by atoms with van der Waals surface area (Å²) in [6, 6.07) is 19.7. The lowest BCUT2D eigenvalue weighted by Crippen LogP contribution is -2.01. The molecule has 0 unspecified atom stereocenters. The van der Waals surface area contributed by atoms with Gasteiger partial charge < -0.3 is 9.47 Å². The standard InChI is InChI=1S/C24H16ClFN2O2S/c1-29-22-12-15(9-10-21(22)30-14-17-18(25)5-4-6-19(17)26)11-16(13-27)24-28-20-7-2-3-8-23(20)31-24/h2-12H,14H2,1H3. The van der Waals surface area contributed by atoms with Crippen molar-refractivity contribution in [3.8, 4) is 17.6 Å². The number of fused-ring (bicyclic) bond motifs is 1. The summed E-state index contributed by atoms with van der Waals surface area (Å²) in [5.41, 5.74) is 2.34. The van der Waals surface area contributed by atoms with E-state index in [1.54, 1.807) is 36.4 Å². The van der Waals surface area contributed by atoms with E-state index in [4.69, 9.17) is 21.1 Å². The Morgan fingerprint density at radius 2 is 2.00 bits per heavy atom. The molecule has 0 atom stereocenters. The van der Waals surface area contributed by atoms with Gasteiger partial charge in [-0.25, -0.2) is 9.37 Å². The van der Waals surface area contributed by atoms with Crippen molar-refractivity contribution >= 4 is 44.8 Å². The molecule has 0 radical (unpaired) electrons. The summed E-state index contributed by atoms with van der Waals surface area (Å²) >= 11 is 7.53. The second kappa shape index (κ2) is 9.17. The maximum absolute atomic E-state index is 14.0. The van der Waals surface area contributed by atoms with Crippen molar-refractivity contribution in [2.45, 2.75) is 6.61 Å². The molecule has 0 aliphatic heterocycles. The number of para-hydroxylation sites is 1. The molecule has 0 fully saturated rings. The Balaban J connectivity index is 1.60. The van der Waals surface area contributed by atoms with Gasteiger partial charge in [0, 0.05) is 5.56 Å². The van der Waals surface area contributed by atoms with Gasteiger partial charge in [-0.2, -0.15) is 5.26 Å². The molecule has 1 aromatic heterocycles. The molecule has 154 valence electrons. The molecule has 31 heavy (non-hydrogen) atoms. The zero-order valence-electron chi connectivity index (χ0n) is 16.4. The van der Waals surface area contributed by atoms with Gasteiger partial charge in [-0.1, -0.05) is 35.9 Å². The highest BCUT2D eigenvalue weighted by Crippen LogP contribution is 2.33. The quantitative estimate of drug-likeness (QED) is 0.305. The summed E-state index contributed by atoms with van der Waals surface area (Å²) < 4.78 is 26.2. The van der Waals surface area contributed by atoms with E-state index in [9.17, 15) is 9.65 Å². The number of nitriles is 1. The smallest absolute Gasteiger partial charge is 0.161 e. The Bertz CT molecular complexity index is 1270. The predicted molar refractivity (Wildman–Crippen MR) is 122 cm³/mol. The van der Waals surface area contributed by atoms with Crippen molar-refractivity contribution in [1.82, 2.24) is 4.98 Å². The third-order valence-electron chi connectivity index (χ3n) is 4.58. The molecule has 4 aromatic rings. The lowest BCUT2D eigenvalue weighted by Gasteiger charge is -2.12. The fraction of sp³-hybridized carbons (Fsp3) is 0.0833. The molecule has 0 bridgehead atoms. The van der Waals surface area contributed by atoms with Gasteiger partial charge >= 0.3 is 0 Å². The van der Waals surface area contributed by atoms with E-state index in [1.807, 2.05) is 24.3 Å². The first-order valence-electron chi connectivity index (χ1n) is 9.30. The Labute approximate surface area is 187 Å². The number of methoxy groups -OCH3 is 1. The van der Waals surface area contributed by atoms with Crippen molar-refractivity contribution in [3.63, 3.8) is 0 Å². The lowest BCUT2D eigenvalue weighted by atomic mass is 10.1. The molecule has 0 saturated carbocycles. The monoisotopic (exact) mass is 450 g/mol. The van der Waals surface area contributed by atoms with Crippen LogP contribution in [0.25, 0.3) is 21.9 Å². The highest BCUT2D eigenvalue weighted by Gasteiger charge is 2.12. The summed E-state index contributed by atoms with van der Waals surface area (Å²) in [4.78, 5) is 4.54. The van der Waals surface area contributed by atoms with Gasteiger partial charge in [-0.3, -0.25) is 0 Å². The highest BCUT2D eigenvalue weighted by molar-refractivity contribution is 7.19. The Hall–Kier alpha value is -3.40. The maximum Gasteiger partial charge on any atom is 0.161 e. The largest absolute Gasteiger partial charge is 0.493 e. The number of aromatic nitrogens is 1. The molecule has 0 saturated heterocycles. The highest BCUT2D eigenvalue weighted by atomic mass is 35.5. The molecular formula is C24H16ClFN2O2S. The van der Waals surface area contributed by atoms with E-state index in [2.05, 4.69) is 11.1 Å². The number of nitrogens with zero attached hydrogens (tertiary/aromatic N) is 2. The lowest BCUT2D eigenvalue weighted by molar-refractivity contribution is 0.280. The van der Waals surface area contributed by atoms with Gasteiger partial charge in [-0.15, -0.1) is 11.3 Å². The van der Waals surface area contributed by atoms with E-state index >= 15 is 0 Å². The van der Waals surface area contributed by atoms with Crippen molar-refractivity contribution in [3.05, 3.63) is 87.6 Å². The van der Waals surface area contributed by atoms with Crippen LogP contribution in [0.4, 0.5) is 4.39 Å². The first kappa shape index (κ1) is 20.9. The summed E-state index contributed by atoms with van der Waals surface area (Å²) in [5, 5.41) is 10.6. The predicted octanol–water partition coefficient (Wildman–Crippen LogP) is 6.74. The normalized spacial score (nSPS) is 11.4. The van der Waals surface area contributed by atoms with E-state index in [0.29, 0.717) is 27.1 Å². The van der Waals surface area contributed by atoms with Crippen LogP contribution in [0.3, 0.4) is 0 Å². The number of thiazole rings is 1. The van der Waals surface area contributed by atoms with Crippen LogP contribution in [0.5, 0.6) is 11.5 Å². The summed E-state index contributed by atoms with van der Waals surface area (Å²) in [5.74, 6) is 0.473. The van der Waals surface area contributed by atoms with Crippen molar-refractivity contribution < 1.29 is 13.9 Å². The number of hydrogen-bond donors (Lipinski definition) is 0. The molecule has 1 heterocycles. The SMILES string of the molecule is COc1cc(C=C(C#N)c2nc3ccccc3s2)ccc1OCc1c(F)cccc1Cl. The molecule has 4 nitrogen and oxygen atoms in total. The number of halogens is 2. The Morgan fingerprint density at radius 1 is 1.16 bits per heavy atom. The van der Waals surface area contributed by atoms with Crippen LogP contribution in [0.1, 0.15) is 16.1 Å². The van der Waals surface area contributed by atoms with Crippen molar-refractivity contribution in [2.75, 3.05) is 7.11 Å². The number of rotatable bonds is 6. The molecule has 4 rings (SSSR count). The zero-order valence-corrected chi connectivity index (χ0v) is 18.0. The third-order valence-corrected chi connectivity index (χ3v) is 6.00. The van der Waals surface area contributed by atoms with Crippen LogP contribution in [-0.2, 0) is 6.61 Å². The fourth-order valence-electron chi connectivity index (χ4n) is 3.01. The second-order valence-electron chi connectivity index (χ2n) is 6.56. The van der Waals surface area contributed by atoms with Crippen LogP contribution in [-0.4, -0.2) is 12.1 Å². The van der Waals surface area contributed by atoms with Gasteiger partial charge in [0.2, 0.25) is 0 Å². The maximum atomic E-state index is 14.0. The minimum atomic E-state index is -0.430. The van der Waals surface area contributed by atoms with Gasteiger partial charge in [-0.05, 0) is 48.0 Å². The summed E-state index contributed by atoms with van der Waals surface area (Å²) in [6.45, 7) is -0.0355. The Kier molecular flexibility index (Phi) is 6.17.